The molecule has 1 N–H and O–H groups in total. The Bertz CT molecular complexity index is 464. The minimum Gasteiger partial charge on any atom is -0.476 e. The maximum Gasteiger partial charge on any atom is 0.358 e. The van der Waals surface area contributed by atoms with Crippen LogP contribution in [-0.4, -0.2) is 39.3 Å². The van der Waals surface area contributed by atoms with Crippen molar-refractivity contribution < 1.29 is 23.4 Å². The average molecular weight is 275 g/mol. The summed E-state index contributed by atoms with van der Waals surface area (Å²) in [5, 5.41) is 15.8. The van der Waals surface area contributed by atoms with Crippen molar-refractivity contribution in [1.82, 2.24) is 15.0 Å². The lowest BCUT2D eigenvalue weighted by Crippen LogP contribution is -2.26. The van der Waals surface area contributed by atoms with E-state index in [0.29, 0.717) is 12.8 Å². The lowest BCUT2D eigenvalue weighted by atomic mass is 9.93. The van der Waals surface area contributed by atoms with E-state index in [-0.39, 0.29) is 12.1 Å². The van der Waals surface area contributed by atoms with Gasteiger partial charge in [0.15, 0.2) is 5.69 Å². The molecular weight excluding hydrogens is 260 g/mol. The molecule has 2 atom stereocenters. The van der Waals surface area contributed by atoms with Crippen LogP contribution >= 0.6 is 0 Å². The first kappa shape index (κ1) is 13.9. The van der Waals surface area contributed by atoms with Crippen molar-refractivity contribution in [1.29, 1.82) is 0 Å². The highest BCUT2D eigenvalue weighted by atomic mass is 19.3. The van der Waals surface area contributed by atoms with Crippen LogP contribution in [0.3, 0.4) is 0 Å². The van der Waals surface area contributed by atoms with Crippen LogP contribution < -0.4 is 0 Å². The molecule has 1 aromatic heterocycles. The third-order valence-corrected chi connectivity index (χ3v) is 3.42. The zero-order valence-electron chi connectivity index (χ0n) is 10.4. The number of alkyl halides is 2. The number of nitrogens with zero attached hydrogens (tertiary/aromatic N) is 3. The summed E-state index contributed by atoms with van der Waals surface area (Å²) in [7, 11) is 1.57. The fraction of sp³-hybridized carbons (Fsp3) is 0.727. The van der Waals surface area contributed by atoms with E-state index in [1.54, 1.807) is 7.11 Å². The summed E-state index contributed by atoms with van der Waals surface area (Å²) in [5.41, 5.74) is -1.29. The highest BCUT2D eigenvalue weighted by Crippen LogP contribution is 2.33. The first-order chi connectivity index (χ1) is 9.04. The van der Waals surface area contributed by atoms with Gasteiger partial charge in [-0.2, -0.15) is 0 Å². The lowest BCUT2D eigenvalue weighted by Gasteiger charge is -2.28. The molecule has 1 saturated carbocycles. The van der Waals surface area contributed by atoms with E-state index in [2.05, 4.69) is 10.3 Å². The van der Waals surface area contributed by atoms with Gasteiger partial charge in [0.25, 0.3) is 6.43 Å². The maximum absolute atomic E-state index is 13.0. The van der Waals surface area contributed by atoms with E-state index in [4.69, 9.17) is 9.84 Å². The minimum atomic E-state index is -2.91. The zero-order chi connectivity index (χ0) is 14.0. The summed E-state index contributed by atoms with van der Waals surface area (Å²) in [5.74, 6) is -1.49. The van der Waals surface area contributed by atoms with Crippen LogP contribution in [0.25, 0.3) is 0 Å². The standard InChI is InChI=1S/C11H15F2N3O3/c1-19-7-4-2-3-6(5-7)16-9(10(12)13)8(11(17)18)14-15-16/h6-7,10H,2-5H2,1H3,(H,17,18). The molecule has 106 valence electrons. The van der Waals surface area contributed by atoms with Crippen molar-refractivity contribution in [2.45, 2.75) is 44.3 Å². The zero-order valence-corrected chi connectivity index (χ0v) is 10.4. The van der Waals surface area contributed by atoms with Crippen LogP contribution in [0.2, 0.25) is 0 Å². The van der Waals surface area contributed by atoms with Gasteiger partial charge >= 0.3 is 5.97 Å². The number of rotatable bonds is 4. The second kappa shape index (κ2) is 5.60. The highest BCUT2D eigenvalue weighted by Gasteiger charge is 2.32. The van der Waals surface area contributed by atoms with E-state index >= 15 is 0 Å². The van der Waals surface area contributed by atoms with E-state index in [9.17, 15) is 13.6 Å². The van der Waals surface area contributed by atoms with Gasteiger partial charge in [-0.3, -0.25) is 0 Å². The predicted molar refractivity (Wildman–Crippen MR) is 60.2 cm³/mol. The molecule has 1 heterocycles. The SMILES string of the molecule is COC1CCCC(n2nnc(C(=O)O)c2C(F)F)C1. The van der Waals surface area contributed by atoms with E-state index in [0.717, 1.165) is 17.5 Å². The number of carboxylic acids is 1. The Hall–Kier alpha value is -1.57. The van der Waals surface area contributed by atoms with Crippen molar-refractivity contribution in [3.63, 3.8) is 0 Å². The molecule has 2 rings (SSSR count). The van der Waals surface area contributed by atoms with Gasteiger partial charge in [0, 0.05) is 7.11 Å². The molecule has 6 nitrogen and oxygen atoms in total. The van der Waals surface area contributed by atoms with Gasteiger partial charge < -0.3 is 9.84 Å². The van der Waals surface area contributed by atoms with Crippen molar-refractivity contribution in [2.24, 2.45) is 0 Å². The van der Waals surface area contributed by atoms with Crippen molar-refractivity contribution >= 4 is 5.97 Å². The summed E-state index contributed by atoms with van der Waals surface area (Å²) in [4.78, 5) is 10.9. The maximum atomic E-state index is 13.0. The van der Waals surface area contributed by atoms with Gasteiger partial charge in [-0.05, 0) is 25.7 Å². The number of aromatic carboxylic acids is 1. The number of aromatic nitrogens is 3. The molecule has 2 unspecified atom stereocenters. The summed E-state index contributed by atoms with van der Waals surface area (Å²) in [6, 6.07) is -0.289. The normalized spacial score (nSPS) is 23.8. The molecule has 1 aromatic rings. The van der Waals surface area contributed by atoms with Crippen LogP contribution in [0.5, 0.6) is 0 Å². The first-order valence-corrected chi connectivity index (χ1v) is 6.04. The second-order valence-corrected chi connectivity index (χ2v) is 4.55. The topological polar surface area (TPSA) is 77.2 Å². The van der Waals surface area contributed by atoms with Crippen LogP contribution in [0.4, 0.5) is 8.78 Å². The molecule has 1 aliphatic rings. The number of hydrogen-bond donors (Lipinski definition) is 1. The lowest BCUT2D eigenvalue weighted by molar-refractivity contribution is 0.0462. The molecule has 0 aromatic carbocycles. The van der Waals surface area contributed by atoms with Crippen molar-refractivity contribution in [3.8, 4) is 0 Å². The average Bonchev–Trinajstić information content (AvgIpc) is 2.83. The molecule has 19 heavy (non-hydrogen) atoms. The fourth-order valence-electron chi connectivity index (χ4n) is 2.48. The Morgan fingerprint density at radius 1 is 1.53 bits per heavy atom. The molecule has 0 amide bonds. The van der Waals surface area contributed by atoms with Gasteiger partial charge in [-0.15, -0.1) is 5.10 Å². The molecule has 8 heteroatoms. The molecule has 1 aliphatic carbocycles. The highest BCUT2D eigenvalue weighted by molar-refractivity contribution is 5.86. The Morgan fingerprint density at radius 3 is 2.84 bits per heavy atom. The van der Waals surface area contributed by atoms with Gasteiger partial charge in [0.2, 0.25) is 0 Å². The summed E-state index contributed by atoms with van der Waals surface area (Å²) in [6.07, 6.45) is -0.0162. The number of carbonyl (C=O) groups is 1. The predicted octanol–water partition coefficient (Wildman–Crippen LogP) is 2.04. The Kier molecular flexibility index (Phi) is 4.08. The molecule has 0 aliphatic heterocycles. The van der Waals surface area contributed by atoms with Gasteiger partial charge in [0.1, 0.15) is 5.69 Å². The summed E-state index contributed by atoms with van der Waals surface area (Å²) < 4.78 is 32.3. The van der Waals surface area contributed by atoms with Crippen LogP contribution in [0.15, 0.2) is 0 Å². The monoisotopic (exact) mass is 275 g/mol. The van der Waals surface area contributed by atoms with E-state index in [1.807, 2.05) is 0 Å². The molecule has 1 fully saturated rings. The third kappa shape index (κ3) is 2.73. The molecule has 0 radical (unpaired) electrons. The number of ether oxygens (including phenoxy) is 1. The number of hydrogen-bond acceptors (Lipinski definition) is 4. The quantitative estimate of drug-likeness (QED) is 0.909. The van der Waals surface area contributed by atoms with Crippen molar-refractivity contribution in [2.75, 3.05) is 7.11 Å². The Balaban J connectivity index is 2.31. The molecule has 0 spiro atoms. The minimum absolute atomic E-state index is 0.0123. The number of methoxy groups -OCH3 is 1. The summed E-state index contributed by atoms with van der Waals surface area (Å²) in [6.45, 7) is 0. The van der Waals surface area contributed by atoms with E-state index < -0.39 is 23.8 Å². The van der Waals surface area contributed by atoms with Gasteiger partial charge in [-0.25, -0.2) is 18.3 Å². The number of carboxylic acid groups (broad SMARTS) is 1. The van der Waals surface area contributed by atoms with Crippen LogP contribution in [0, 0.1) is 0 Å². The van der Waals surface area contributed by atoms with Crippen molar-refractivity contribution in [3.05, 3.63) is 11.4 Å². The summed E-state index contributed by atoms with van der Waals surface area (Å²) >= 11 is 0. The number of halogens is 2. The largest absolute Gasteiger partial charge is 0.476 e. The first-order valence-electron chi connectivity index (χ1n) is 6.04. The fourth-order valence-corrected chi connectivity index (χ4v) is 2.48. The Labute approximate surface area is 108 Å². The van der Waals surface area contributed by atoms with E-state index in [1.165, 1.54) is 0 Å². The second-order valence-electron chi connectivity index (χ2n) is 4.55. The molecule has 0 bridgehead atoms. The van der Waals surface area contributed by atoms with Crippen LogP contribution in [0.1, 0.15) is 54.3 Å². The molecular formula is C11H15F2N3O3. The smallest absolute Gasteiger partial charge is 0.358 e. The van der Waals surface area contributed by atoms with Crippen LogP contribution in [-0.2, 0) is 4.74 Å². The van der Waals surface area contributed by atoms with Gasteiger partial charge in [-0.1, -0.05) is 5.21 Å². The third-order valence-electron chi connectivity index (χ3n) is 3.42. The molecule has 0 saturated heterocycles. The van der Waals surface area contributed by atoms with Gasteiger partial charge in [0.05, 0.1) is 12.1 Å². The Morgan fingerprint density at radius 2 is 2.26 bits per heavy atom.